The fourth-order valence-corrected chi connectivity index (χ4v) is 4.12. The van der Waals surface area contributed by atoms with Crippen LogP contribution in [0.15, 0.2) is 35.5 Å². The summed E-state index contributed by atoms with van der Waals surface area (Å²) in [6.07, 6.45) is 9.99. The van der Waals surface area contributed by atoms with Crippen LogP contribution in [-0.2, 0) is 17.8 Å². The fourth-order valence-electron chi connectivity index (χ4n) is 4.12. The highest BCUT2D eigenvalue weighted by atomic mass is 16.5. The molecule has 3 aromatic heterocycles. The first-order valence-corrected chi connectivity index (χ1v) is 9.52. The SMILES string of the molecule is O=c1cc2c(nn1C1CCC(Nc3nccn4nccc34)CC1)CCOC2. The molecule has 2 aliphatic rings. The zero-order valence-corrected chi connectivity index (χ0v) is 15.0. The second-order valence-corrected chi connectivity index (χ2v) is 7.29. The molecule has 0 saturated heterocycles. The Morgan fingerprint density at radius 1 is 1.19 bits per heavy atom. The molecule has 140 valence electrons. The average Bonchev–Trinajstić information content (AvgIpc) is 3.18. The Morgan fingerprint density at radius 3 is 2.96 bits per heavy atom. The number of aromatic nitrogens is 5. The lowest BCUT2D eigenvalue weighted by molar-refractivity contribution is 0.107. The van der Waals surface area contributed by atoms with Crippen molar-refractivity contribution < 1.29 is 4.74 Å². The summed E-state index contributed by atoms with van der Waals surface area (Å²) in [4.78, 5) is 17.0. The van der Waals surface area contributed by atoms with Crippen LogP contribution in [0.4, 0.5) is 5.82 Å². The molecule has 0 aromatic carbocycles. The lowest BCUT2D eigenvalue weighted by atomic mass is 9.91. The molecule has 0 amide bonds. The molecule has 0 radical (unpaired) electrons. The molecule has 27 heavy (non-hydrogen) atoms. The van der Waals surface area contributed by atoms with Crippen molar-refractivity contribution in [1.29, 1.82) is 0 Å². The zero-order chi connectivity index (χ0) is 18.2. The molecule has 3 aromatic rings. The molecule has 0 atom stereocenters. The number of hydrogen-bond donors (Lipinski definition) is 1. The van der Waals surface area contributed by atoms with Gasteiger partial charge in [0.15, 0.2) is 5.82 Å². The summed E-state index contributed by atoms with van der Waals surface area (Å²) in [7, 11) is 0. The van der Waals surface area contributed by atoms with Crippen molar-refractivity contribution in [2.75, 3.05) is 11.9 Å². The van der Waals surface area contributed by atoms with Crippen LogP contribution in [-0.4, -0.2) is 37.0 Å². The number of nitrogens with zero attached hydrogens (tertiary/aromatic N) is 5. The number of nitrogens with one attached hydrogen (secondary N) is 1. The third-order valence-electron chi connectivity index (χ3n) is 5.57. The van der Waals surface area contributed by atoms with Crippen LogP contribution in [0.2, 0.25) is 0 Å². The van der Waals surface area contributed by atoms with Gasteiger partial charge in [-0.3, -0.25) is 4.79 Å². The van der Waals surface area contributed by atoms with Crippen LogP contribution >= 0.6 is 0 Å². The van der Waals surface area contributed by atoms with Crippen LogP contribution in [0.3, 0.4) is 0 Å². The van der Waals surface area contributed by atoms with Gasteiger partial charge in [0.2, 0.25) is 0 Å². The first kappa shape index (κ1) is 16.4. The van der Waals surface area contributed by atoms with E-state index in [2.05, 4.69) is 20.5 Å². The van der Waals surface area contributed by atoms with Crippen molar-refractivity contribution in [2.45, 2.75) is 50.8 Å². The molecule has 1 aliphatic heterocycles. The van der Waals surface area contributed by atoms with Gasteiger partial charge in [0.25, 0.3) is 5.56 Å². The Hall–Kier alpha value is -2.74. The molecule has 5 rings (SSSR count). The van der Waals surface area contributed by atoms with E-state index in [-0.39, 0.29) is 11.6 Å². The van der Waals surface area contributed by atoms with E-state index in [4.69, 9.17) is 4.74 Å². The predicted octanol–water partition coefficient (Wildman–Crippen LogP) is 1.95. The summed E-state index contributed by atoms with van der Waals surface area (Å²) in [5.74, 6) is 0.863. The maximum Gasteiger partial charge on any atom is 0.267 e. The number of ether oxygens (including phenoxy) is 1. The van der Waals surface area contributed by atoms with E-state index >= 15 is 0 Å². The summed E-state index contributed by atoms with van der Waals surface area (Å²) in [5, 5.41) is 12.5. The molecule has 0 spiro atoms. The Kier molecular flexibility index (Phi) is 4.12. The van der Waals surface area contributed by atoms with Crippen molar-refractivity contribution in [1.82, 2.24) is 24.4 Å². The third kappa shape index (κ3) is 3.10. The van der Waals surface area contributed by atoms with E-state index in [0.29, 0.717) is 19.3 Å². The Bertz CT molecular complexity index is 1020. The van der Waals surface area contributed by atoms with Gasteiger partial charge >= 0.3 is 0 Å². The van der Waals surface area contributed by atoms with Crippen molar-refractivity contribution in [2.24, 2.45) is 0 Å². The Balaban J connectivity index is 1.29. The van der Waals surface area contributed by atoms with Crippen LogP contribution in [0.1, 0.15) is 43.0 Å². The van der Waals surface area contributed by atoms with Crippen LogP contribution in [0.25, 0.3) is 5.52 Å². The molecule has 0 bridgehead atoms. The molecule has 0 unspecified atom stereocenters. The highest BCUT2D eigenvalue weighted by Crippen LogP contribution is 2.29. The van der Waals surface area contributed by atoms with Crippen LogP contribution in [0, 0.1) is 0 Å². The standard InChI is InChI=1S/C19H22N6O2/c26-18-11-13-12-27-10-6-16(13)23-25(18)15-3-1-14(2-4-15)22-19-17-5-7-21-24(17)9-8-20-19/h5,7-9,11,14-15H,1-4,6,10,12H2,(H,20,22). The van der Waals surface area contributed by atoms with Gasteiger partial charge in [-0.15, -0.1) is 0 Å². The van der Waals surface area contributed by atoms with E-state index in [0.717, 1.165) is 54.7 Å². The van der Waals surface area contributed by atoms with Crippen molar-refractivity contribution in [3.63, 3.8) is 0 Å². The second kappa shape index (κ2) is 6.77. The van der Waals surface area contributed by atoms with Gasteiger partial charge in [-0.2, -0.15) is 10.2 Å². The molecule has 1 aliphatic carbocycles. The van der Waals surface area contributed by atoms with Gasteiger partial charge in [-0.05, 0) is 31.7 Å². The molecule has 8 heteroatoms. The fraction of sp³-hybridized carbons (Fsp3) is 0.474. The largest absolute Gasteiger partial charge is 0.376 e. The van der Waals surface area contributed by atoms with Gasteiger partial charge in [-0.1, -0.05) is 0 Å². The molecule has 1 fully saturated rings. The first-order chi connectivity index (χ1) is 13.3. The minimum absolute atomic E-state index is 0.0126. The quantitative estimate of drug-likeness (QED) is 0.763. The summed E-state index contributed by atoms with van der Waals surface area (Å²) in [6, 6.07) is 4.18. The lowest BCUT2D eigenvalue weighted by Gasteiger charge is -2.30. The number of rotatable bonds is 3. The molecule has 1 saturated carbocycles. The Labute approximate surface area is 156 Å². The third-order valence-corrected chi connectivity index (χ3v) is 5.57. The van der Waals surface area contributed by atoms with E-state index in [9.17, 15) is 4.79 Å². The van der Waals surface area contributed by atoms with Crippen molar-refractivity contribution in [3.8, 4) is 0 Å². The van der Waals surface area contributed by atoms with E-state index in [1.807, 2.05) is 16.8 Å². The number of anilines is 1. The second-order valence-electron chi connectivity index (χ2n) is 7.29. The van der Waals surface area contributed by atoms with Gasteiger partial charge < -0.3 is 10.1 Å². The summed E-state index contributed by atoms with van der Waals surface area (Å²) < 4.78 is 8.95. The van der Waals surface area contributed by atoms with Crippen LogP contribution in [0.5, 0.6) is 0 Å². The maximum atomic E-state index is 12.5. The topological polar surface area (TPSA) is 86.3 Å². The normalized spacial score (nSPS) is 22.5. The van der Waals surface area contributed by atoms with Gasteiger partial charge in [-0.25, -0.2) is 14.2 Å². The highest BCUT2D eigenvalue weighted by molar-refractivity contribution is 5.67. The van der Waals surface area contributed by atoms with Crippen LogP contribution < -0.4 is 10.9 Å². The van der Waals surface area contributed by atoms with Gasteiger partial charge in [0.05, 0.1) is 31.1 Å². The summed E-state index contributed by atoms with van der Waals surface area (Å²) in [6.45, 7) is 1.18. The van der Waals surface area contributed by atoms with E-state index < -0.39 is 0 Å². The average molecular weight is 366 g/mol. The predicted molar refractivity (Wildman–Crippen MR) is 99.8 cm³/mol. The smallest absolute Gasteiger partial charge is 0.267 e. The molecule has 4 heterocycles. The van der Waals surface area contributed by atoms with Gasteiger partial charge in [0, 0.05) is 36.5 Å². The van der Waals surface area contributed by atoms with E-state index in [1.54, 1.807) is 23.1 Å². The summed E-state index contributed by atoms with van der Waals surface area (Å²) in [5.41, 5.74) is 2.92. The maximum absolute atomic E-state index is 12.5. The summed E-state index contributed by atoms with van der Waals surface area (Å²) >= 11 is 0. The number of hydrogen-bond acceptors (Lipinski definition) is 6. The highest BCUT2D eigenvalue weighted by Gasteiger charge is 2.25. The molecule has 1 N–H and O–H groups in total. The number of fused-ring (bicyclic) bond motifs is 2. The zero-order valence-electron chi connectivity index (χ0n) is 15.0. The molecular formula is C19H22N6O2. The monoisotopic (exact) mass is 366 g/mol. The molecule has 8 nitrogen and oxygen atoms in total. The van der Waals surface area contributed by atoms with Crippen molar-refractivity contribution in [3.05, 3.63) is 52.3 Å². The Morgan fingerprint density at radius 2 is 2.07 bits per heavy atom. The minimum Gasteiger partial charge on any atom is -0.376 e. The van der Waals surface area contributed by atoms with Gasteiger partial charge in [0.1, 0.15) is 5.52 Å². The van der Waals surface area contributed by atoms with Crippen molar-refractivity contribution >= 4 is 11.3 Å². The van der Waals surface area contributed by atoms with E-state index in [1.165, 1.54) is 0 Å². The minimum atomic E-state index is -0.0126. The lowest BCUT2D eigenvalue weighted by Crippen LogP contribution is -2.35. The molecular weight excluding hydrogens is 344 g/mol. The first-order valence-electron chi connectivity index (χ1n) is 9.52.